The van der Waals surface area contributed by atoms with Gasteiger partial charge in [0, 0.05) is 0 Å². The second kappa shape index (κ2) is 2.84. The first kappa shape index (κ1) is 8.58. The zero-order valence-corrected chi connectivity index (χ0v) is 5.64. The van der Waals surface area contributed by atoms with Crippen molar-refractivity contribution in [2.45, 2.75) is 0 Å². The van der Waals surface area contributed by atoms with Gasteiger partial charge in [0.1, 0.15) is 0 Å². The number of carbonyl (C=O) groups excluding carboxylic acids is 1. The highest BCUT2D eigenvalue weighted by molar-refractivity contribution is 5.76. The molecule has 0 aliphatic carbocycles. The first-order chi connectivity index (χ1) is 5.57. The number of halogens is 3. The van der Waals surface area contributed by atoms with E-state index in [0.717, 1.165) is 0 Å². The molecule has 0 spiro atoms. The van der Waals surface area contributed by atoms with Crippen molar-refractivity contribution in [2.75, 3.05) is 0 Å². The van der Waals surface area contributed by atoms with Crippen molar-refractivity contribution in [1.82, 2.24) is 0 Å². The summed E-state index contributed by atoms with van der Waals surface area (Å²) in [5.41, 5.74) is -0.716. The van der Waals surface area contributed by atoms with Crippen LogP contribution in [0.2, 0.25) is 0 Å². The van der Waals surface area contributed by atoms with Crippen molar-refractivity contribution in [3.05, 3.63) is 29.1 Å². The smallest absolute Gasteiger partial charge is 0.203 e. The molecule has 12 heavy (non-hydrogen) atoms. The van der Waals surface area contributed by atoms with Crippen LogP contribution >= 0.6 is 0 Å². The maximum absolute atomic E-state index is 12.5. The van der Waals surface area contributed by atoms with Gasteiger partial charge in [0.15, 0.2) is 23.7 Å². The Kier molecular flexibility index (Phi) is 2.03. The fourth-order valence-corrected chi connectivity index (χ4v) is 0.695. The van der Waals surface area contributed by atoms with Gasteiger partial charge in [0.05, 0.1) is 5.56 Å². The summed E-state index contributed by atoms with van der Waals surface area (Å²) in [5.74, 6) is -6.23. The number of phenols is 1. The van der Waals surface area contributed by atoms with Gasteiger partial charge in [-0.05, 0) is 6.07 Å². The van der Waals surface area contributed by atoms with Gasteiger partial charge in [-0.3, -0.25) is 4.79 Å². The Labute approximate surface area is 65.2 Å². The molecule has 0 aliphatic rings. The number of rotatable bonds is 1. The third-order valence-electron chi connectivity index (χ3n) is 1.28. The van der Waals surface area contributed by atoms with Gasteiger partial charge in [-0.2, -0.15) is 4.39 Å². The topological polar surface area (TPSA) is 37.3 Å². The molecule has 0 heterocycles. The molecular weight excluding hydrogens is 173 g/mol. The average Bonchev–Trinajstić information content (AvgIpc) is 2.08. The molecule has 1 aromatic rings. The van der Waals surface area contributed by atoms with Crippen molar-refractivity contribution in [3.63, 3.8) is 0 Å². The van der Waals surface area contributed by atoms with Gasteiger partial charge < -0.3 is 5.11 Å². The number of carbonyl (C=O) groups is 1. The quantitative estimate of drug-likeness (QED) is 0.521. The van der Waals surface area contributed by atoms with Gasteiger partial charge in [0.2, 0.25) is 5.82 Å². The van der Waals surface area contributed by atoms with Crippen molar-refractivity contribution >= 4 is 6.29 Å². The Morgan fingerprint density at radius 2 is 1.75 bits per heavy atom. The van der Waals surface area contributed by atoms with E-state index in [4.69, 9.17) is 5.11 Å². The van der Waals surface area contributed by atoms with Crippen LogP contribution in [0.15, 0.2) is 6.07 Å². The molecule has 0 unspecified atom stereocenters. The molecule has 1 rings (SSSR count). The highest BCUT2D eigenvalue weighted by atomic mass is 19.2. The van der Waals surface area contributed by atoms with Crippen LogP contribution in [-0.2, 0) is 0 Å². The zero-order chi connectivity index (χ0) is 9.30. The molecule has 1 N–H and O–H groups in total. The summed E-state index contributed by atoms with van der Waals surface area (Å²) in [6.45, 7) is 0. The van der Waals surface area contributed by atoms with Crippen LogP contribution in [0.25, 0.3) is 0 Å². The standard InChI is InChI=1S/C7H3F3O2/c8-5-3(2-11)1-4(12)6(9)7(5)10/h1-2,12H. The third kappa shape index (κ3) is 1.13. The normalized spacial score (nSPS) is 9.92. The third-order valence-corrected chi connectivity index (χ3v) is 1.28. The zero-order valence-electron chi connectivity index (χ0n) is 5.64. The number of benzene rings is 1. The lowest BCUT2D eigenvalue weighted by Crippen LogP contribution is -1.96. The predicted molar refractivity (Wildman–Crippen MR) is 33.4 cm³/mol. The minimum Gasteiger partial charge on any atom is -0.505 e. The van der Waals surface area contributed by atoms with Gasteiger partial charge >= 0.3 is 0 Å². The molecule has 0 aliphatic heterocycles. The van der Waals surface area contributed by atoms with Gasteiger partial charge in [-0.25, -0.2) is 8.78 Å². The highest BCUT2D eigenvalue weighted by Crippen LogP contribution is 2.22. The Balaban J connectivity index is 3.49. The van der Waals surface area contributed by atoms with Crippen LogP contribution in [0, 0.1) is 17.5 Å². The largest absolute Gasteiger partial charge is 0.505 e. The molecule has 2 nitrogen and oxygen atoms in total. The molecule has 1 aromatic carbocycles. The van der Waals surface area contributed by atoms with E-state index in [-0.39, 0.29) is 6.29 Å². The van der Waals surface area contributed by atoms with Crippen LogP contribution in [0.5, 0.6) is 5.75 Å². The number of phenolic OH excluding ortho intramolecular Hbond substituents is 1. The van der Waals surface area contributed by atoms with E-state index in [1.165, 1.54) is 0 Å². The lowest BCUT2D eigenvalue weighted by atomic mass is 10.2. The Bertz CT molecular complexity index is 336. The van der Waals surface area contributed by atoms with E-state index in [9.17, 15) is 18.0 Å². The van der Waals surface area contributed by atoms with Gasteiger partial charge in [-0.15, -0.1) is 0 Å². The first-order valence-electron chi connectivity index (χ1n) is 2.89. The molecular formula is C7H3F3O2. The summed E-state index contributed by atoms with van der Waals surface area (Å²) in [5, 5.41) is 8.60. The highest BCUT2D eigenvalue weighted by Gasteiger charge is 2.17. The van der Waals surface area contributed by atoms with E-state index in [0.29, 0.717) is 6.07 Å². The molecule has 0 saturated carbocycles. The maximum atomic E-state index is 12.5. The predicted octanol–water partition coefficient (Wildman–Crippen LogP) is 1.62. The Morgan fingerprint density at radius 1 is 1.17 bits per heavy atom. The number of aldehydes is 1. The SMILES string of the molecule is O=Cc1cc(O)c(F)c(F)c1F. The van der Waals surface area contributed by atoms with E-state index in [2.05, 4.69) is 0 Å². The van der Waals surface area contributed by atoms with Crippen molar-refractivity contribution in [3.8, 4) is 5.75 Å². The Morgan fingerprint density at radius 3 is 2.25 bits per heavy atom. The van der Waals surface area contributed by atoms with E-state index < -0.39 is 28.8 Å². The van der Waals surface area contributed by atoms with Crippen LogP contribution in [0.3, 0.4) is 0 Å². The van der Waals surface area contributed by atoms with Crippen molar-refractivity contribution in [2.24, 2.45) is 0 Å². The molecule has 0 fully saturated rings. The van der Waals surface area contributed by atoms with Crippen LogP contribution in [0.4, 0.5) is 13.2 Å². The summed E-state index contributed by atoms with van der Waals surface area (Å²) in [4.78, 5) is 10.0. The number of aromatic hydroxyl groups is 1. The van der Waals surface area contributed by atoms with Crippen LogP contribution in [0.1, 0.15) is 10.4 Å². The lowest BCUT2D eigenvalue weighted by molar-refractivity contribution is 0.111. The first-order valence-corrected chi connectivity index (χ1v) is 2.89. The Hall–Kier alpha value is -1.52. The van der Waals surface area contributed by atoms with Crippen LogP contribution < -0.4 is 0 Å². The fourth-order valence-electron chi connectivity index (χ4n) is 0.695. The minimum atomic E-state index is -1.85. The minimum absolute atomic E-state index is 0.0163. The van der Waals surface area contributed by atoms with Gasteiger partial charge in [-0.1, -0.05) is 0 Å². The van der Waals surface area contributed by atoms with E-state index in [1.807, 2.05) is 0 Å². The molecule has 0 bridgehead atoms. The number of hydrogen-bond donors (Lipinski definition) is 1. The second-order valence-electron chi connectivity index (χ2n) is 2.04. The molecule has 64 valence electrons. The summed E-state index contributed by atoms with van der Waals surface area (Å²) in [6.07, 6.45) is -0.0163. The molecule has 0 atom stereocenters. The maximum Gasteiger partial charge on any atom is 0.203 e. The molecule has 5 heteroatoms. The van der Waals surface area contributed by atoms with E-state index >= 15 is 0 Å². The van der Waals surface area contributed by atoms with Gasteiger partial charge in [0.25, 0.3) is 0 Å². The summed E-state index contributed by atoms with van der Waals surface area (Å²) in [7, 11) is 0. The lowest BCUT2D eigenvalue weighted by Gasteiger charge is -1.99. The molecule has 0 amide bonds. The van der Waals surface area contributed by atoms with Crippen LogP contribution in [-0.4, -0.2) is 11.4 Å². The number of hydrogen-bond acceptors (Lipinski definition) is 2. The second-order valence-corrected chi connectivity index (χ2v) is 2.04. The summed E-state index contributed by atoms with van der Waals surface area (Å²) in [6, 6.07) is 0.515. The van der Waals surface area contributed by atoms with E-state index in [1.54, 1.807) is 0 Å². The molecule has 0 saturated heterocycles. The molecule has 0 radical (unpaired) electrons. The average molecular weight is 176 g/mol. The fraction of sp³-hybridized carbons (Fsp3) is 0. The summed E-state index contributed by atoms with van der Waals surface area (Å²) < 4.78 is 37.2. The summed E-state index contributed by atoms with van der Waals surface area (Å²) >= 11 is 0. The van der Waals surface area contributed by atoms with Crippen molar-refractivity contribution in [1.29, 1.82) is 0 Å². The molecule has 0 aromatic heterocycles. The monoisotopic (exact) mass is 176 g/mol. The van der Waals surface area contributed by atoms with Crippen molar-refractivity contribution < 1.29 is 23.1 Å².